The minimum Gasteiger partial charge on any atom is -0.361 e. The predicted molar refractivity (Wildman–Crippen MR) is 103 cm³/mol. The summed E-state index contributed by atoms with van der Waals surface area (Å²) in [6.07, 6.45) is -0.425. The van der Waals surface area contributed by atoms with E-state index < -0.39 is 0 Å². The third kappa shape index (κ3) is 2.99. The Balaban J connectivity index is 2.05. The lowest BCUT2D eigenvalue weighted by Crippen LogP contribution is -2.14. The van der Waals surface area contributed by atoms with Crippen molar-refractivity contribution in [3.63, 3.8) is 0 Å². The normalized spacial score (nSPS) is 19.2. The van der Waals surface area contributed by atoms with Crippen molar-refractivity contribution in [3.8, 4) is 11.1 Å². The van der Waals surface area contributed by atoms with Crippen LogP contribution in [0.5, 0.6) is 0 Å². The molecule has 0 aliphatic carbocycles. The van der Waals surface area contributed by atoms with Crippen molar-refractivity contribution < 1.29 is 9.53 Å². The fraction of sp³-hybridized carbons (Fsp3) is 0.200. The molecule has 0 spiro atoms. The molecular weight excluding hydrogens is 402 g/mol. The van der Waals surface area contributed by atoms with Crippen molar-refractivity contribution in [1.29, 1.82) is 0 Å². The zero-order chi connectivity index (χ0) is 17.7. The first-order valence-electron chi connectivity index (χ1n) is 8.01. The maximum atomic E-state index is 13.0. The van der Waals surface area contributed by atoms with Crippen LogP contribution < -0.4 is 0 Å². The molecule has 0 bridgehead atoms. The number of pyridine rings is 1. The van der Waals surface area contributed by atoms with Gasteiger partial charge in [0.15, 0.2) is 5.78 Å². The number of aromatic nitrogens is 1. The van der Waals surface area contributed by atoms with Crippen molar-refractivity contribution in [3.05, 3.63) is 63.2 Å². The summed E-state index contributed by atoms with van der Waals surface area (Å²) in [6, 6.07) is 13.5. The number of benzene rings is 2. The number of hydrogen-bond acceptors (Lipinski definition) is 3. The Morgan fingerprint density at radius 2 is 1.88 bits per heavy atom. The van der Waals surface area contributed by atoms with Crippen LogP contribution in [-0.4, -0.2) is 23.0 Å². The number of carbonyl (C=O) groups excluding carboxylic acids is 1. The van der Waals surface area contributed by atoms with Crippen molar-refractivity contribution in [2.24, 2.45) is 0 Å². The van der Waals surface area contributed by atoms with E-state index in [9.17, 15) is 4.79 Å². The van der Waals surface area contributed by atoms with E-state index in [4.69, 9.17) is 16.3 Å². The van der Waals surface area contributed by atoms with Gasteiger partial charge in [-0.05, 0) is 49.7 Å². The third-order valence-electron chi connectivity index (χ3n) is 4.48. The summed E-state index contributed by atoms with van der Waals surface area (Å²) in [5, 5.41) is 1.49. The monoisotopic (exact) mass is 415 g/mol. The van der Waals surface area contributed by atoms with Gasteiger partial charge >= 0.3 is 0 Å². The first-order valence-corrected chi connectivity index (χ1v) is 9.18. The molecule has 126 valence electrons. The second-order valence-electron chi connectivity index (χ2n) is 6.24. The molecule has 4 rings (SSSR count). The highest BCUT2D eigenvalue weighted by Crippen LogP contribution is 2.38. The quantitative estimate of drug-likeness (QED) is 0.412. The SMILES string of the molecule is Cc1nc2ccc(Cl)cc2c(-c2ccc(Br)cc2)c1C(=O)[C@@H]1O[C@H]1C. The number of Topliss-reactive ketones (excluding diaryl/α,β-unsaturated/α-hetero) is 1. The molecule has 1 fully saturated rings. The summed E-state index contributed by atoms with van der Waals surface area (Å²) in [4.78, 5) is 17.7. The minimum atomic E-state index is -0.383. The molecular formula is C20H15BrClNO2. The van der Waals surface area contributed by atoms with Crippen LogP contribution in [0.15, 0.2) is 46.9 Å². The van der Waals surface area contributed by atoms with Crippen LogP contribution in [0, 0.1) is 6.92 Å². The number of hydrogen-bond donors (Lipinski definition) is 0. The summed E-state index contributed by atoms with van der Waals surface area (Å²) in [7, 11) is 0. The molecule has 1 saturated heterocycles. The fourth-order valence-corrected chi connectivity index (χ4v) is 3.62. The molecule has 0 radical (unpaired) electrons. The topological polar surface area (TPSA) is 42.5 Å². The number of ether oxygens (including phenoxy) is 1. The first-order chi connectivity index (χ1) is 12.0. The van der Waals surface area contributed by atoms with Crippen LogP contribution in [0.4, 0.5) is 0 Å². The fourth-order valence-electron chi connectivity index (χ4n) is 3.18. The summed E-state index contributed by atoms with van der Waals surface area (Å²) in [5.74, 6) is -0.0164. The summed E-state index contributed by atoms with van der Waals surface area (Å²) < 4.78 is 6.41. The third-order valence-corrected chi connectivity index (χ3v) is 5.24. The maximum Gasteiger partial charge on any atom is 0.196 e. The zero-order valence-electron chi connectivity index (χ0n) is 13.7. The van der Waals surface area contributed by atoms with E-state index in [0.717, 1.165) is 26.5 Å². The number of aryl methyl sites for hydroxylation is 1. The van der Waals surface area contributed by atoms with Crippen molar-refractivity contribution in [2.45, 2.75) is 26.1 Å². The van der Waals surface area contributed by atoms with Gasteiger partial charge in [0.25, 0.3) is 0 Å². The Bertz CT molecular complexity index is 1000. The Morgan fingerprint density at radius 1 is 1.20 bits per heavy atom. The van der Waals surface area contributed by atoms with Crippen LogP contribution in [0.25, 0.3) is 22.0 Å². The maximum absolute atomic E-state index is 13.0. The van der Waals surface area contributed by atoms with Crippen LogP contribution in [-0.2, 0) is 4.74 Å². The van der Waals surface area contributed by atoms with Gasteiger partial charge in [0.2, 0.25) is 0 Å². The Labute approximate surface area is 159 Å². The lowest BCUT2D eigenvalue weighted by Gasteiger charge is -2.15. The number of epoxide rings is 1. The Kier molecular flexibility index (Phi) is 4.14. The van der Waals surface area contributed by atoms with Crippen LogP contribution in [0.2, 0.25) is 5.02 Å². The van der Waals surface area contributed by atoms with Crippen LogP contribution in [0.3, 0.4) is 0 Å². The Hall–Kier alpha value is -1.75. The molecule has 0 amide bonds. The molecule has 1 aliphatic heterocycles. The van der Waals surface area contributed by atoms with Gasteiger partial charge in [0.05, 0.1) is 17.2 Å². The number of rotatable bonds is 3. The van der Waals surface area contributed by atoms with E-state index in [1.165, 1.54) is 0 Å². The molecule has 3 aromatic rings. The van der Waals surface area contributed by atoms with Gasteiger partial charge in [-0.3, -0.25) is 9.78 Å². The molecule has 1 aromatic heterocycles. The van der Waals surface area contributed by atoms with E-state index in [1.807, 2.05) is 56.3 Å². The lowest BCUT2D eigenvalue weighted by atomic mass is 9.91. The van der Waals surface area contributed by atoms with Crippen molar-refractivity contribution in [2.75, 3.05) is 0 Å². The van der Waals surface area contributed by atoms with Crippen molar-refractivity contribution >= 4 is 44.2 Å². The highest BCUT2D eigenvalue weighted by atomic mass is 79.9. The summed E-state index contributed by atoms with van der Waals surface area (Å²) in [5.41, 5.74) is 3.97. The van der Waals surface area contributed by atoms with Gasteiger partial charge in [-0.25, -0.2) is 0 Å². The average Bonchev–Trinajstić information content (AvgIpc) is 3.31. The van der Waals surface area contributed by atoms with E-state index >= 15 is 0 Å². The predicted octanol–water partition coefficient (Wildman–Crippen LogP) is 5.60. The summed E-state index contributed by atoms with van der Waals surface area (Å²) >= 11 is 9.69. The van der Waals surface area contributed by atoms with Gasteiger partial charge in [-0.15, -0.1) is 0 Å². The minimum absolute atomic E-state index is 0.0164. The molecule has 25 heavy (non-hydrogen) atoms. The highest BCUT2D eigenvalue weighted by Gasteiger charge is 2.43. The molecule has 2 heterocycles. The molecule has 0 unspecified atom stereocenters. The smallest absolute Gasteiger partial charge is 0.196 e. The van der Waals surface area contributed by atoms with Gasteiger partial charge < -0.3 is 4.74 Å². The number of fused-ring (bicyclic) bond motifs is 1. The van der Waals surface area contributed by atoms with Gasteiger partial charge in [-0.1, -0.05) is 39.7 Å². The van der Waals surface area contributed by atoms with E-state index in [1.54, 1.807) is 0 Å². The standard InChI is InChI=1S/C20H15BrClNO2/c1-10-17(19(24)20-11(2)25-20)18(12-3-5-13(21)6-4-12)15-9-14(22)7-8-16(15)23-10/h3-9,11,20H,1-2H3/t11-,20+/m0/s1. The number of halogens is 2. The number of carbonyl (C=O) groups is 1. The van der Waals surface area contributed by atoms with Gasteiger partial charge in [-0.2, -0.15) is 0 Å². The van der Waals surface area contributed by atoms with Gasteiger partial charge in [0, 0.05) is 26.1 Å². The summed E-state index contributed by atoms with van der Waals surface area (Å²) in [6.45, 7) is 3.78. The largest absolute Gasteiger partial charge is 0.361 e. The van der Waals surface area contributed by atoms with Crippen LogP contribution >= 0.6 is 27.5 Å². The number of nitrogens with zero attached hydrogens (tertiary/aromatic N) is 1. The second-order valence-corrected chi connectivity index (χ2v) is 7.59. The molecule has 2 aromatic carbocycles. The van der Waals surface area contributed by atoms with Gasteiger partial charge in [0.1, 0.15) is 6.10 Å². The average molecular weight is 417 g/mol. The zero-order valence-corrected chi connectivity index (χ0v) is 16.1. The molecule has 1 aliphatic rings. The number of ketones is 1. The first kappa shape index (κ1) is 16.7. The lowest BCUT2D eigenvalue weighted by molar-refractivity contribution is 0.0953. The second kappa shape index (κ2) is 6.20. The molecule has 5 heteroatoms. The van der Waals surface area contributed by atoms with E-state index in [-0.39, 0.29) is 18.0 Å². The molecule has 2 atom stereocenters. The molecule has 0 N–H and O–H groups in total. The van der Waals surface area contributed by atoms with Crippen LogP contribution in [0.1, 0.15) is 23.0 Å². The molecule has 3 nitrogen and oxygen atoms in total. The Morgan fingerprint density at radius 3 is 2.52 bits per heavy atom. The molecule has 0 saturated carbocycles. The highest BCUT2D eigenvalue weighted by molar-refractivity contribution is 9.10. The van der Waals surface area contributed by atoms with E-state index in [2.05, 4.69) is 20.9 Å². The van der Waals surface area contributed by atoms with Crippen molar-refractivity contribution in [1.82, 2.24) is 4.98 Å². The van der Waals surface area contributed by atoms with E-state index in [0.29, 0.717) is 16.3 Å².